The van der Waals surface area contributed by atoms with Crippen LogP contribution in [0.4, 0.5) is 0 Å². The summed E-state index contributed by atoms with van der Waals surface area (Å²) >= 11 is 0. The normalized spacial score (nSPS) is 11.6. The van der Waals surface area contributed by atoms with Crippen molar-refractivity contribution in [3.63, 3.8) is 0 Å². The molecule has 4 heteroatoms. The van der Waals surface area contributed by atoms with E-state index in [9.17, 15) is 4.79 Å². The zero-order chi connectivity index (χ0) is 11.8. The van der Waals surface area contributed by atoms with Crippen molar-refractivity contribution in [1.82, 2.24) is 9.78 Å². The molecule has 0 N–H and O–H groups in total. The number of rotatable bonds is 1. The molecule has 0 aliphatic carbocycles. The van der Waals surface area contributed by atoms with E-state index in [0.717, 1.165) is 11.4 Å². The fourth-order valence-corrected chi connectivity index (χ4v) is 1.57. The first-order valence-corrected chi connectivity index (χ1v) is 4.98. The minimum Gasteiger partial charge on any atom is -0.423 e. The van der Waals surface area contributed by atoms with Gasteiger partial charge >= 0.3 is 5.97 Å². The maximum absolute atomic E-state index is 10.9. The topological polar surface area (TPSA) is 44.1 Å². The first-order valence-electron chi connectivity index (χ1n) is 4.98. The Labute approximate surface area is 90.2 Å². The summed E-state index contributed by atoms with van der Waals surface area (Å²) in [7, 11) is 0. The number of esters is 1. The molecule has 0 fully saturated rings. The van der Waals surface area contributed by atoms with Crippen LogP contribution < -0.4 is 4.74 Å². The molecule has 1 aromatic rings. The van der Waals surface area contributed by atoms with Crippen LogP contribution in [0, 0.1) is 13.8 Å². The molecule has 0 unspecified atom stereocenters. The predicted molar refractivity (Wildman–Crippen MR) is 58.0 cm³/mol. The summed E-state index contributed by atoms with van der Waals surface area (Å²) in [6.07, 6.45) is 0. The van der Waals surface area contributed by atoms with E-state index in [1.165, 1.54) is 6.92 Å². The van der Waals surface area contributed by atoms with Crippen LogP contribution >= 0.6 is 0 Å². The van der Waals surface area contributed by atoms with Gasteiger partial charge in [0.25, 0.3) is 0 Å². The van der Waals surface area contributed by atoms with E-state index in [1.807, 2.05) is 18.5 Å². The number of nitrogens with zero attached hydrogens (tertiary/aromatic N) is 2. The summed E-state index contributed by atoms with van der Waals surface area (Å²) in [4.78, 5) is 10.9. The van der Waals surface area contributed by atoms with E-state index < -0.39 is 0 Å². The van der Waals surface area contributed by atoms with E-state index in [-0.39, 0.29) is 11.5 Å². The second kappa shape index (κ2) is 3.68. The molecule has 0 radical (unpaired) electrons. The molecule has 0 atom stereocenters. The van der Waals surface area contributed by atoms with Crippen LogP contribution in [0.25, 0.3) is 0 Å². The molecule has 1 rings (SSSR count). The van der Waals surface area contributed by atoms with Gasteiger partial charge in [0.15, 0.2) is 5.75 Å². The van der Waals surface area contributed by atoms with Crippen LogP contribution in [0.2, 0.25) is 0 Å². The van der Waals surface area contributed by atoms with E-state index in [0.29, 0.717) is 5.75 Å². The highest BCUT2D eigenvalue weighted by Crippen LogP contribution is 2.27. The lowest BCUT2D eigenvalue weighted by Gasteiger charge is -2.21. The molecule has 0 aliphatic heterocycles. The van der Waals surface area contributed by atoms with Crippen molar-refractivity contribution in [3.05, 3.63) is 11.4 Å². The number of hydrogen-bond acceptors (Lipinski definition) is 3. The Kier molecular flexibility index (Phi) is 2.88. The zero-order valence-electron chi connectivity index (χ0n) is 10.2. The number of carbonyl (C=O) groups is 1. The Morgan fingerprint density at radius 3 is 2.20 bits per heavy atom. The molecule has 4 nitrogen and oxygen atoms in total. The van der Waals surface area contributed by atoms with Crippen LogP contribution in [0.5, 0.6) is 5.75 Å². The second-order valence-corrected chi connectivity index (χ2v) is 4.68. The van der Waals surface area contributed by atoms with Gasteiger partial charge in [-0.25, -0.2) is 0 Å². The van der Waals surface area contributed by atoms with Crippen LogP contribution in [0.15, 0.2) is 0 Å². The molecule has 1 heterocycles. The lowest BCUT2D eigenvalue weighted by molar-refractivity contribution is -0.132. The molecular formula is C11H18N2O2. The average molecular weight is 210 g/mol. The fraction of sp³-hybridized carbons (Fsp3) is 0.636. The Bertz CT molecular complexity index is 386. The van der Waals surface area contributed by atoms with E-state index >= 15 is 0 Å². The highest BCUT2D eigenvalue weighted by Gasteiger charge is 2.22. The van der Waals surface area contributed by atoms with Gasteiger partial charge in [0.2, 0.25) is 0 Å². The summed E-state index contributed by atoms with van der Waals surface area (Å²) in [6, 6.07) is 0. The van der Waals surface area contributed by atoms with Gasteiger partial charge in [0, 0.05) is 6.92 Å². The number of aryl methyl sites for hydroxylation is 1. The fourth-order valence-electron chi connectivity index (χ4n) is 1.57. The van der Waals surface area contributed by atoms with Gasteiger partial charge < -0.3 is 4.74 Å². The Balaban J connectivity index is 3.21. The third kappa shape index (κ3) is 2.37. The molecule has 0 aromatic carbocycles. The van der Waals surface area contributed by atoms with Gasteiger partial charge in [0.1, 0.15) is 5.69 Å². The van der Waals surface area contributed by atoms with Crippen LogP contribution in [0.3, 0.4) is 0 Å². The number of aromatic nitrogens is 2. The maximum atomic E-state index is 10.9. The van der Waals surface area contributed by atoms with Gasteiger partial charge in [-0.05, 0) is 34.6 Å². The highest BCUT2D eigenvalue weighted by atomic mass is 16.5. The van der Waals surface area contributed by atoms with Gasteiger partial charge in [-0.3, -0.25) is 9.48 Å². The largest absolute Gasteiger partial charge is 0.423 e. The van der Waals surface area contributed by atoms with Gasteiger partial charge in [-0.15, -0.1) is 0 Å². The van der Waals surface area contributed by atoms with Gasteiger partial charge in [-0.1, -0.05) is 0 Å². The van der Waals surface area contributed by atoms with E-state index in [4.69, 9.17) is 4.74 Å². The number of carbonyl (C=O) groups excluding carboxylic acids is 1. The maximum Gasteiger partial charge on any atom is 0.308 e. The minimum absolute atomic E-state index is 0.104. The number of hydrogen-bond donors (Lipinski definition) is 0. The summed E-state index contributed by atoms with van der Waals surface area (Å²) in [5.41, 5.74) is 1.53. The summed E-state index contributed by atoms with van der Waals surface area (Å²) in [5.74, 6) is 0.270. The zero-order valence-corrected chi connectivity index (χ0v) is 10.2. The third-order valence-electron chi connectivity index (χ3n) is 2.11. The predicted octanol–water partition coefficient (Wildman–Crippen LogP) is 2.18. The molecule has 0 aliphatic rings. The lowest BCUT2D eigenvalue weighted by atomic mass is 10.1. The number of ether oxygens (including phenoxy) is 1. The van der Waals surface area contributed by atoms with Crippen LogP contribution in [0.1, 0.15) is 39.1 Å². The Hall–Kier alpha value is -1.32. The highest BCUT2D eigenvalue weighted by molar-refractivity contribution is 5.70. The molecule has 84 valence electrons. The van der Waals surface area contributed by atoms with Crippen molar-refractivity contribution in [2.24, 2.45) is 0 Å². The Morgan fingerprint density at radius 1 is 1.33 bits per heavy atom. The minimum atomic E-state index is -0.311. The quantitative estimate of drug-likeness (QED) is 0.667. The van der Waals surface area contributed by atoms with Crippen LogP contribution in [-0.2, 0) is 10.3 Å². The molecule has 0 amide bonds. The molecular weight excluding hydrogens is 192 g/mol. The smallest absolute Gasteiger partial charge is 0.308 e. The first kappa shape index (κ1) is 11.8. The second-order valence-electron chi connectivity index (χ2n) is 4.68. The van der Waals surface area contributed by atoms with Crippen molar-refractivity contribution >= 4 is 5.97 Å². The molecule has 15 heavy (non-hydrogen) atoms. The summed E-state index contributed by atoms with van der Waals surface area (Å²) in [6.45, 7) is 11.3. The standard InChI is InChI=1S/C11H18N2O2/c1-7-10(15-9(3)14)8(2)13(12-7)11(4,5)6/h1-6H3. The average Bonchev–Trinajstić information content (AvgIpc) is 2.30. The molecule has 0 spiro atoms. The lowest BCUT2D eigenvalue weighted by Crippen LogP contribution is -2.24. The van der Waals surface area contributed by atoms with Crippen molar-refractivity contribution in [1.29, 1.82) is 0 Å². The van der Waals surface area contributed by atoms with Gasteiger partial charge in [-0.2, -0.15) is 5.10 Å². The van der Waals surface area contributed by atoms with Crippen LogP contribution in [-0.4, -0.2) is 15.7 Å². The third-order valence-corrected chi connectivity index (χ3v) is 2.11. The van der Waals surface area contributed by atoms with E-state index in [1.54, 1.807) is 0 Å². The molecule has 0 saturated heterocycles. The van der Waals surface area contributed by atoms with Gasteiger partial charge in [0.05, 0.1) is 11.2 Å². The van der Waals surface area contributed by atoms with Crippen molar-refractivity contribution in [2.75, 3.05) is 0 Å². The van der Waals surface area contributed by atoms with Crippen molar-refractivity contribution in [3.8, 4) is 5.75 Å². The van der Waals surface area contributed by atoms with E-state index in [2.05, 4.69) is 25.9 Å². The Morgan fingerprint density at radius 2 is 1.87 bits per heavy atom. The van der Waals surface area contributed by atoms with Crippen molar-refractivity contribution in [2.45, 2.75) is 47.1 Å². The molecule has 0 saturated carbocycles. The molecule has 1 aromatic heterocycles. The summed E-state index contributed by atoms with van der Waals surface area (Å²) in [5, 5.41) is 4.37. The molecule has 0 bridgehead atoms. The first-order chi connectivity index (χ1) is 6.73. The SMILES string of the molecule is CC(=O)Oc1c(C)nn(C(C)(C)C)c1C. The monoisotopic (exact) mass is 210 g/mol. The van der Waals surface area contributed by atoms with Crippen molar-refractivity contribution < 1.29 is 9.53 Å². The summed E-state index contributed by atoms with van der Waals surface area (Å²) < 4.78 is 7.00.